The van der Waals surface area contributed by atoms with Crippen LogP contribution in [0.15, 0.2) is 102 Å². The molecule has 0 atom stereocenters. The van der Waals surface area contributed by atoms with Gasteiger partial charge < -0.3 is 9.47 Å². The lowest BCUT2D eigenvalue weighted by Crippen LogP contribution is -2.21. The number of aromatic nitrogens is 2. The van der Waals surface area contributed by atoms with Gasteiger partial charge in [-0.1, -0.05) is 77.8 Å². The molecular formula is C30H23Cl2N3O4. The number of carbonyl (C=O) groups is 1. The summed E-state index contributed by atoms with van der Waals surface area (Å²) in [5, 5.41) is 4.07. The van der Waals surface area contributed by atoms with E-state index >= 15 is 0 Å². The van der Waals surface area contributed by atoms with E-state index in [9.17, 15) is 9.59 Å². The summed E-state index contributed by atoms with van der Waals surface area (Å²) in [6.07, 6.45) is 0.904. The first-order valence-electron chi connectivity index (χ1n) is 12.1. The Hall–Kier alpha value is -4.33. The number of benzene rings is 4. The van der Waals surface area contributed by atoms with Crippen LogP contribution in [0.1, 0.15) is 16.7 Å². The molecule has 0 spiro atoms. The SMILES string of the molecule is O=C(Nc1ccc2ncn(Cc3cccc(COc4cc(Cl)ccc4Cl)c3)c(=O)c2c1)OCc1ccccc1. The molecule has 1 N–H and O–H groups in total. The smallest absolute Gasteiger partial charge is 0.411 e. The first kappa shape index (κ1) is 26.3. The molecule has 9 heteroatoms. The lowest BCUT2D eigenvalue weighted by atomic mass is 10.1. The topological polar surface area (TPSA) is 82.5 Å². The van der Waals surface area contributed by atoms with Gasteiger partial charge in [0.05, 0.1) is 28.8 Å². The van der Waals surface area contributed by atoms with Crippen molar-refractivity contribution in [1.29, 1.82) is 0 Å². The summed E-state index contributed by atoms with van der Waals surface area (Å²) in [7, 11) is 0. The van der Waals surface area contributed by atoms with E-state index in [4.69, 9.17) is 32.7 Å². The molecular weight excluding hydrogens is 537 g/mol. The fourth-order valence-electron chi connectivity index (χ4n) is 3.99. The fraction of sp³-hybridized carbons (Fsp3) is 0.100. The van der Waals surface area contributed by atoms with Crippen LogP contribution >= 0.6 is 23.2 Å². The predicted octanol–water partition coefficient (Wildman–Crippen LogP) is 7.08. The van der Waals surface area contributed by atoms with Crippen molar-refractivity contribution in [3.8, 4) is 5.75 Å². The average Bonchev–Trinajstić information content (AvgIpc) is 2.95. The summed E-state index contributed by atoms with van der Waals surface area (Å²) in [6, 6.07) is 27.1. The number of amides is 1. The second-order valence-corrected chi connectivity index (χ2v) is 9.62. The molecule has 0 aliphatic carbocycles. The minimum Gasteiger partial charge on any atom is -0.487 e. The molecule has 0 saturated carbocycles. The molecule has 1 aromatic heterocycles. The molecule has 1 heterocycles. The van der Waals surface area contributed by atoms with Crippen LogP contribution in [0.25, 0.3) is 10.9 Å². The summed E-state index contributed by atoms with van der Waals surface area (Å²) < 4.78 is 12.6. The van der Waals surface area contributed by atoms with E-state index < -0.39 is 6.09 Å². The van der Waals surface area contributed by atoms with Gasteiger partial charge in [0.15, 0.2) is 0 Å². The second-order valence-electron chi connectivity index (χ2n) is 8.78. The van der Waals surface area contributed by atoms with Crippen LogP contribution in [0.5, 0.6) is 5.75 Å². The molecule has 0 fully saturated rings. The van der Waals surface area contributed by atoms with E-state index in [0.717, 1.165) is 16.7 Å². The van der Waals surface area contributed by atoms with Gasteiger partial charge in [0, 0.05) is 16.8 Å². The lowest BCUT2D eigenvalue weighted by Gasteiger charge is -2.11. The fourth-order valence-corrected chi connectivity index (χ4v) is 4.32. The number of nitrogens with zero attached hydrogens (tertiary/aromatic N) is 2. The van der Waals surface area contributed by atoms with Gasteiger partial charge in [-0.15, -0.1) is 0 Å². The highest BCUT2D eigenvalue weighted by Gasteiger charge is 2.10. The van der Waals surface area contributed by atoms with Gasteiger partial charge >= 0.3 is 6.09 Å². The number of hydrogen-bond acceptors (Lipinski definition) is 5. The molecule has 0 aliphatic heterocycles. The van der Waals surface area contributed by atoms with Gasteiger partial charge in [-0.05, 0) is 47.0 Å². The highest BCUT2D eigenvalue weighted by molar-refractivity contribution is 6.34. The minimum atomic E-state index is -0.611. The Morgan fingerprint density at radius 1 is 0.846 bits per heavy atom. The Labute approximate surface area is 234 Å². The average molecular weight is 560 g/mol. The number of rotatable bonds is 8. The van der Waals surface area contributed by atoms with Gasteiger partial charge in [-0.25, -0.2) is 9.78 Å². The van der Waals surface area contributed by atoms with Gasteiger partial charge in [0.25, 0.3) is 5.56 Å². The molecule has 0 bridgehead atoms. The molecule has 196 valence electrons. The summed E-state index contributed by atoms with van der Waals surface area (Å²) in [4.78, 5) is 30.0. The third-order valence-electron chi connectivity index (χ3n) is 5.92. The van der Waals surface area contributed by atoms with Crippen molar-refractivity contribution < 1.29 is 14.3 Å². The van der Waals surface area contributed by atoms with Crippen molar-refractivity contribution in [3.05, 3.63) is 134 Å². The van der Waals surface area contributed by atoms with E-state index in [1.54, 1.807) is 36.4 Å². The number of halogens is 2. The van der Waals surface area contributed by atoms with Gasteiger partial charge in [0.1, 0.15) is 19.0 Å². The Morgan fingerprint density at radius 2 is 1.64 bits per heavy atom. The van der Waals surface area contributed by atoms with Crippen LogP contribution in [0.4, 0.5) is 10.5 Å². The standard InChI is InChI=1S/C30H23Cl2N3O4/c31-23-9-11-26(32)28(14-23)38-18-22-8-4-7-21(13-22)16-35-19-33-27-12-10-24(15-25(27)29(35)36)34-30(37)39-17-20-5-2-1-3-6-20/h1-15,19H,16-18H2,(H,34,37). The van der Waals surface area contributed by atoms with E-state index in [1.807, 2.05) is 54.6 Å². The van der Waals surface area contributed by atoms with Crippen LogP contribution < -0.4 is 15.6 Å². The molecule has 5 rings (SSSR count). The van der Waals surface area contributed by atoms with E-state index in [0.29, 0.717) is 38.9 Å². The van der Waals surface area contributed by atoms with Gasteiger partial charge in [0.2, 0.25) is 0 Å². The maximum Gasteiger partial charge on any atom is 0.411 e. The summed E-state index contributed by atoms with van der Waals surface area (Å²) in [6.45, 7) is 0.739. The Morgan fingerprint density at radius 3 is 2.49 bits per heavy atom. The number of hydrogen-bond donors (Lipinski definition) is 1. The predicted molar refractivity (Wildman–Crippen MR) is 153 cm³/mol. The third-order valence-corrected chi connectivity index (χ3v) is 6.46. The monoisotopic (exact) mass is 559 g/mol. The van der Waals surface area contributed by atoms with Crippen molar-refractivity contribution >= 4 is 45.9 Å². The van der Waals surface area contributed by atoms with Crippen LogP contribution in [0.2, 0.25) is 10.0 Å². The zero-order valence-electron chi connectivity index (χ0n) is 20.6. The molecule has 0 aliphatic rings. The quantitative estimate of drug-likeness (QED) is 0.219. The molecule has 4 aromatic carbocycles. The molecule has 5 aromatic rings. The maximum absolute atomic E-state index is 13.3. The number of nitrogens with one attached hydrogen (secondary N) is 1. The molecule has 0 radical (unpaired) electrons. The largest absolute Gasteiger partial charge is 0.487 e. The van der Waals surface area contributed by atoms with E-state index in [2.05, 4.69) is 10.3 Å². The summed E-state index contributed by atoms with van der Waals surface area (Å²) in [5.41, 5.74) is 3.42. The van der Waals surface area contributed by atoms with Gasteiger partial charge in [-0.3, -0.25) is 14.7 Å². The minimum absolute atomic E-state index is 0.144. The summed E-state index contributed by atoms with van der Waals surface area (Å²) >= 11 is 12.2. The zero-order valence-corrected chi connectivity index (χ0v) is 22.2. The van der Waals surface area contributed by atoms with Crippen molar-refractivity contribution in [2.24, 2.45) is 0 Å². The zero-order chi connectivity index (χ0) is 27.2. The molecule has 39 heavy (non-hydrogen) atoms. The van der Waals surface area contributed by atoms with Crippen molar-refractivity contribution in [1.82, 2.24) is 9.55 Å². The lowest BCUT2D eigenvalue weighted by molar-refractivity contribution is 0.155. The highest BCUT2D eigenvalue weighted by atomic mass is 35.5. The number of fused-ring (bicyclic) bond motifs is 1. The second kappa shape index (κ2) is 12.0. The Bertz CT molecular complexity index is 1690. The van der Waals surface area contributed by atoms with Crippen LogP contribution in [-0.2, 0) is 24.5 Å². The first-order valence-corrected chi connectivity index (χ1v) is 12.8. The van der Waals surface area contributed by atoms with Crippen molar-refractivity contribution in [2.75, 3.05) is 5.32 Å². The summed E-state index contributed by atoms with van der Waals surface area (Å²) in [5.74, 6) is 0.498. The first-order chi connectivity index (χ1) is 18.9. The maximum atomic E-state index is 13.3. The van der Waals surface area contributed by atoms with Crippen LogP contribution in [0.3, 0.4) is 0 Å². The number of anilines is 1. The Kier molecular flexibility index (Phi) is 8.10. The molecule has 0 saturated heterocycles. The highest BCUT2D eigenvalue weighted by Crippen LogP contribution is 2.28. The van der Waals surface area contributed by atoms with Crippen molar-refractivity contribution in [2.45, 2.75) is 19.8 Å². The number of ether oxygens (including phenoxy) is 2. The van der Waals surface area contributed by atoms with Crippen molar-refractivity contribution in [3.63, 3.8) is 0 Å². The molecule has 1 amide bonds. The molecule has 0 unspecified atom stereocenters. The normalized spacial score (nSPS) is 10.8. The third kappa shape index (κ3) is 6.76. The number of carbonyl (C=O) groups excluding carboxylic acids is 1. The van der Waals surface area contributed by atoms with E-state index in [-0.39, 0.29) is 18.8 Å². The van der Waals surface area contributed by atoms with E-state index in [1.165, 1.54) is 10.9 Å². The molecule has 7 nitrogen and oxygen atoms in total. The van der Waals surface area contributed by atoms with Crippen LogP contribution in [-0.4, -0.2) is 15.6 Å². The van der Waals surface area contributed by atoms with Gasteiger partial charge in [-0.2, -0.15) is 0 Å². The van der Waals surface area contributed by atoms with Crippen LogP contribution in [0, 0.1) is 0 Å². The Balaban J connectivity index is 1.28.